The Morgan fingerprint density at radius 1 is 0.857 bits per heavy atom. The predicted octanol–water partition coefficient (Wildman–Crippen LogP) is 6.45. The highest BCUT2D eigenvalue weighted by atomic mass is 16.5. The molecule has 0 saturated carbocycles. The number of nitrogens with zero attached hydrogens (tertiary/aromatic N) is 1. The summed E-state index contributed by atoms with van der Waals surface area (Å²) in [6.07, 6.45) is 6.31. The van der Waals surface area contributed by atoms with Crippen molar-refractivity contribution in [2.45, 2.75) is 45.6 Å². The summed E-state index contributed by atoms with van der Waals surface area (Å²) in [5.41, 5.74) is 5.22. The highest BCUT2D eigenvalue weighted by molar-refractivity contribution is 5.99. The Morgan fingerprint density at radius 3 is 2.43 bits per heavy atom. The van der Waals surface area contributed by atoms with Crippen molar-refractivity contribution >= 4 is 10.8 Å². The molecule has 0 spiro atoms. The normalized spacial score (nSPS) is 15.1. The van der Waals surface area contributed by atoms with Crippen molar-refractivity contribution in [3.05, 3.63) is 65.7 Å². The van der Waals surface area contributed by atoms with Gasteiger partial charge in [-0.2, -0.15) is 0 Å². The molecule has 0 aliphatic carbocycles. The van der Waals surface area contributed by atoms with Crippen LogP contribution < -0.4 is 4.74 Å². The molecule has 1 saturated heterocycles. The van der Waals surface area contributed by atoms with Crippen LogP contribution in [0.1, 0.15) is 43.7 Å². The number of likely N-dealkylation sites (tertiary alicyclic amines) is 1. The molecule has 0 atom stereocenters. The number of benzene rings is 3. The molecule has 0 radical (unpaired) electrons. The van der Waals surface area contributed by atoms with Gasteiger partial charge in [0, 0.05) is 12.1 Å². The van der Waals surface area contributed by atoms with Crippen LogP contribution in [0.25, 0.3) is 21.9 Å². The van der Waals surface area contributed by atoms with Crippen molar-refractivity contribution in [2.24, 2.45) is 0 Å². The van der Waals surface area contributed by atoms with Crippen LogP contribution in [0, 0.1) is 0 Å². The van der Waals surface area contributed by atoms with Crippen LogP contribution in [0.4, 0.5) is 0 Å². The third-order valence-electron chi connectivity index (χ3n) is 5.94. The standard InChI is InChI=1S/C26H31NO/c1-3-9-21-10-7-12-23-22(21)11-8-13-24(23)25-15-14-20(18-26(25)28-2)19-27-16-5-4-6-17-27/h7-8,10-15,18H,3-6,9,16-17,19H2,1-2H3. The minimum Gasteiger partial charge on any atom is -0.496 e. The lowest BCUT2D eigenvalue weighted by Gasteiger charge is -2.26. The topological polar surface area (TPSA) is 12.5 Å². The third kappa shape index (κ3) is 3.93. The molecule has 0 unspecified atom stereocenters. The summed E-state index contributed by atoms with van der Waals surface area (Å²) in [6.45, 7) is 5.70. The fraction of sp³-hybridized carbons (Fsp3) is 0.385. The summed E-state index contributed by atoms with van der Waals surface area (Å²) in [5.74, 6) is 0.975. The van der Waals surface area contributed by atoms with E-state index in [0.29, 0.717) is 0 Å². The zero-order chi connectivity index (χ0) is 19.3. The molecule has 2 nitrogen and oxygen atoms in total. The van der Waals surface area contributed by atoms with Gasteiger partial charge >= 0.3 is 0 Å². The van der Waals surface area contributed by atoms with Crippen molar-refractivity contribution in [3.8, 4) is 16.9 Å². The second kappa shape index (κ2) is 8.79. The zero-order valence-electron chi connectivity index (χ0n) is 17.2. The minimum atomic E-state index is 0.975. The molecule has 0 aromatic heterocycles. The maximum Gasteiger partial charge on any atom is 0.127 e. The summed E-state index contributed by atoms with van der Waals surface area (Å²) in [7, 11) is 1.79. The van der Waals surface area contributed by atoms with E-state index >= 15 is 0 Å². The predicted molar refractivity (Wildman–Crippen MR) is 119 cm³/mol. The monoisotopic (exact) mass is 373 g/mol. The molecule has 1 fully saturated rings. The lowest BCUT2D eigenvalue weighted by molar-refractivity contribution is 0.220. The SMILES string of the molecule is CCCc1cccc2c(-c3ccc(CN4CCCCC4)cc3OC)cccc12. The van der Waals surface area contributed by atoms with E-state index in [1.54, 1.807) is 7.11 Å². The Hall–Kier alpha value is -2.32. The molecule has 0 bridgehead atoms. The maximum absolute atomic E-state index is 5.84. The second-order valence-electron chi connectivity index (χ2n) is 7.94. The number of hydrogen-bond acceptors (Lipinski definition) is 2. The van der Waals surface area contributed by atoms with Crippen LogP contribution >= 0.6 is 0 Å². The summed E-state index contributed by atoms with van der Waals surface area (Å²) in [6, 6.07) is 20.1. The average molecular weight is 374 g/mol. The van der Waals surface area contributed by atoms with Gasteiger partial charge in [0.1, 0.15) is 5.75 Å². The van der Waals surface area contributed by atoms with E-state index in [4.69, 9.17) is 4.74 Å². The zero-order valence-corrected chi connectivity index (χ0v) is 17.2. The molecule has 146 valence electrons. The van der Waals surface area contributed by atoms with Gasteiger partial charge in [-0.3, -0.25) is 4.90 Å². The smallest absolute Gasteiger partial charge is 0.127 e. The number of fused-ring (bicyclic) bond motifs is 1. The summed E-state index contributed by atoms with van der Waals surface area (Å²) >= 11 is 0. The van der Waals surface area contributed by atoms with E-state index in [2.05, 4.69) is 66.4 Å². The fourth-order valence-corrected chi connectivity index (χ4v) is 4.53. The van der Waals surface area contributed by atoms with Crippen molar-refractivity contribution in [1.82, 2.24) is 4.90 Å². The van der Waals surface area contributed by atoms with Crippen LogP contribution in [0.2, 0.25) is 0 Å². The number of piperidine rings is 1. The van der Waals surface area contributed by atoms with E-state index in [-0.39, 0.29) is 0 Å². The number of rotatable bonds is 6. The molecule has 2 heteroatoms. The van der Waals surface area contributed by atoms with Gasteiger partial charge in [-0.25, -0.2) is 0 Å². The first-order valence-corrected chi connectivity index (χ1v) is 10.7. The van der Waals surface area contributed by atoms with Gasteiger partial charge in [-0.05, 0) is 65.9 Å². The first-order valence-electron chi connectivity index (χ1n) is 10.7. The molecular formula is C26H31NO. The highest BCUT2D eigenvalue weighted by Gasteiger charge is 2.14. The Balaban J connectivity index is 1.71. The van der Waals surface area contributed by atoms with Gasteiger partial charge in [0.25, 0.3) is 0 Å². The van der Waals surface area contributed by atoms with E-state index in [1.807, 2.05) is 0 Å². The van der Waals surface area contributed by atoms with Crippen molar-refractivity contribution in [2.75, 3.05) is 20.2 Å². The fourth-order valence-electron chi connectivity index (χ4n) is 4.53. The Bertz CT molecular complexity index is 940. The largest absolute Gasteiger partial charge is 0.496 e. The number of ether oxygens (including phenoxy) is 1. The minimum absolute atomic E-state index is 0.975. The van der Waals surface area contributed by atoms with Gasteiger partial charge in [0.15, 0.2) is 0 Å². The van der Waals surface area contributed by atoms with E-state index < -0.39 is 0 Å². The summed E-state index contributed by atoms with van der Waals surface area (Å²) in [5, 5.41) is 2.68. The Labute approximate surface area is 169 Å². The van der Waals surface area contributed by atoms with Crippen LogP contribution in [0.5, 0.6) is 5.75 Å². The summed E-state index contributed by atoms with van der Waals surface area (Å²) in [4.78, 5) is 2.56. The molecule has 3 aromatic rings. The van der Waals surface area contributed by atoms with Crippen LogP contribution in [-0.4, -0.2) is 25.1 Å². The number of methoxy groups -OCH3 is 1. The highest BCUT2D eigenvalue weighted by Crippen LogP contribution is 2.37. The molecule has 1 aliphatic rings. The van der Waals surface area contributed by atoms with Crippen LogP contribution in [-0.2, 0) is 13.0 Å². The van der Waals surface area contributed by atoms with Crippen LogP contribution in [0.15, 0.2) is 54.6 Å². The number of hydrogen-bond donors (Lipinski definition) is 0. The quantitative estimate of drug-likeness (QED) is 0.492. The molecular weight excluding hydrogens is 342 g/mol. The molecule has 3 aromatic carbocycles. The van der Waals surface area contributed by atoms with Crippen molar-refractivity contribution in [3.63, 3.8) is 0 Å². The van der Waals surface area contributed by atoms with E-state index in [0.717, 1.165) is 25.1 Å². The Morgan fingerprint density at radius 2 is 1.64 bits per heavy atom. The third-order valence-corrected chi connectivity index (χ3v) is 5.94. The Kier molecular flexibility index (Phi) is 5.97. The molecule has 1 heterocycles. The van der Waals surface area contributed by atoms with Crippen molar-refractivity contribution in [1.29, 1.82) is 0 Å². The van der Waals surface area contributed by atoms with Crippen LogP contribution in [0.3, 0.4) is 0 Å². The first-order chi connectivity index (χ1) is 13.8. The molecule has 1 aliphatic heterocycles. The summed E-state index contributed by atoms with van der Waals surface area (Å²) < 4.78 is 5.84. The second-order valence-corrected chi connectivity index (χ2v) is 7.94. The van der Waals surface area contributed by atoms with Gasteiger partial charge in [-0.1, -0.05) is 68.3 Å². The first kappa shape index (κ1) is 19.0. The number of aryl methyl sites for hydroxylation is 1. The van der Waals surface area contributed by atoms with Gasteiger partial charge in [0.05, 0.1) is 7.11 Å². The van der Waals surface area contributed by atoms with E-state index in [1.165, 1.54) is 65.4 Å². The van der Waals surface area contributed by atoms with Gasteiger partial charge in [0.2, 0.25) is 0 Å². The molecule has 4 rings (SSSR count). The van der Waals surface area contributed by atoms with E-state index in [9.17, 15) is 0 Å². The molecule has 28 heavy (non-hydrogen) atoms. The maximum atomic E-state index is 5.84. The van der Waals surface area contributed by atoms with Gasteiger partial charge < -0.3 is 4.74 Å². The lowest BCUT2D eigenvalue weighted by Crippen LogP contribution is -2.29. The van der Waals surface area contributed by atoms with Crippen molar-refractivity contribution < 1.29 is 4.74 Å². The average Bonchev–Trinajstić information content (AvgIpc) is 2.74. The molecule has 0 amide bonds. The van der Waals surface area contributed by atoms with Gasteiger partial charge in [-0.15, -0.1) is 0 Å². The molecule has 0 N–H and O–H groups in total. The lowest BCUT2D eigenvalue weighted by atomic mass is 9.93.